The SMILES string of the molecule is CCN1CC(C(=O)N2CCCC[C@H](NC(=O)c3ccc(OC)c(C)c3)C2)CCC1=O. The number of benzene rings is 1. The number of ether oxygens (including phenoxy) is 1. The van der Waals surface area contributed by atoms with Crippen LogP contribution in [0.3, 0.4) is 0 Å². The van der Waals surface area contributed by atoms with Crippen LogP contribution in [0.5, 0.6) is 5.75 Å². The molecule has 0 saturated carbocycles. The molecule has 2 aliphatic rings. The van der Waals surface area contributed by atoms with Crippen molar-refractivity contribution in [2.24, 2.45) is 5.92 Å². The summed E-state index contributed by atoms with van der Waals surface area (Å²) in [4.78, 5) is 41.5. The van der Waals surface area contributed by atoms with Crippen LogP contribution in [0.1, 0.15) is 54.9 Å². The Balaban J connectivity index is 1.63. The van der Waals surface area contributed by atoms with Gasteiger partial charge in [-0.25, -0.2) is 0 Å². The minimum absolute atomic E-state index is 0.0705. The van der Waals surface area contributed by atoms with Gasteiger partial charge in [-0.15, -0.1) is 0 Å². The summed E-state index contributed by atoms with van der Waals surface area (Å²) in [5.74, 6) is 0.742. The molecule has 0 aromatic heterocycles. The van der Waals surface area contributed by atoms with E-state index < -0.39 is 0 Å². The lowest BCUT2D eigenvalue weighted by molar-refractivity contribution is -0.143. The van der Waals surface area contributed by atoms with E-state index in [1.807, 2.05) is 24.8 Å². The van der Waals surface area contributed by atoms with Crippen molar-refractivity contribution in [3.05, 3.63) is 29.3 Å². The third kappa shape index (κ3) is 5.12. The van der Waals surface area contributed by atoms with Crippen molar-refractivity contribution in [1.82, 2.24) is 15.1 Å². The zero-order valence-corrected chi connectivity index (χ0v) is 18.3. The molecule has 1 aromatic rings. The third-order valence-electron chi connectivity index (χ3n) is 6.21. The normalized spacial score (nSPS) is 22.4. The van der Waals surface area contributed by atoms with Crippen molar-refractivity contribution < 1.29 is 19.1 Å². The molecule has 3 amide bonds. The maximum Gasteiger partial charge on any atom is 0.251 e. The Kier molecular flexibility index (Phi) is 7.34. The van der Waals surface area contributed by atoms with Gasteiger partial charge in [0.2, 0.25) is 11.8 Å². The number of nitrogens with one attached hydrogen (secondary N) is 1. The maximum absolute atomic E-state index is 13.2. The van der Waals surface area contributed by atoms with Gasteiger partial charge in [0.1, 0.15) is 5.75 Å². The van der Waals surface area contributed by atoms with E-state index in [9.17, 15) is 14.4 Å². The first-order valence-corrected chi connectivity index (χ1v) is 10.9. The fourth-order valence-electron chi connectivity index (χ4n) is 4.43. The Bertz CT molecular complexity index is 795. The summed E-state index contributed by atoms with van der Waals surface area (Å²) in [5, 5.41) is 3.12. The molecular formula is C23H33N3O4. The van der Waals surface area contributed by atoms with Crippen LogP contribution in [0.2, 0.25) is 0 Å². The second kappa shape index (κ2) is 9.96. The molecule has 0 spiro atoms. The summed E-state index contributed by atoms with van der Waals surface area (Å²) >= 11 is 0. The molecule has 30 heavy (non-hydrogen) atoms. The van der Waals surface area contributed by atoms with Crippen molar-refractivity contribution >= 4 is 17.7 Å². The van der Waals surface area contributed by atoms with Crippen molar-refractivity contribution in [3.63, 3.8) is 0 Å². The Morgan fingerprint density at radius 1 is 1.20 bits per heavy atom. The Labute approximate surface area is 178 Å². The molecule has 2 atom stereocenters. The molecule has 7 heteroatoms. The molecule has 0 bridgehead atoms. The molecule has 3 rings (SSSR count). The predicted molar refractivity (Wildman–Crippen MR) is 114 cm³/mol. The van der Waals surface area contributed by atoms with Crippen LogP contribution < -0.4 is 10.1 Å². The number of amides is 3. The smallest absolute Gasteiger partial charge is 0.251 e. The number of methoxy groups -OCH3 is 1. The van der Waals surface area contributed by atoms with Crippen LogP contribution in [0, 0.1) is 12.8 Å². The summed E-state index contributed by atoms with van der Waals surface area (Å²) in [6.45, 7) is 6.24. The van der Waals surface area contributed by atoms with Crippen LogP contribution >= 0.6 is 0 Å². The summed E-state index contributed by atoms with van der Waals surface area (Å²) in [7, 11) is 1.61. The number of hydrogen-bond donors (Lipinski definition) is 1. The summed E-state index contributed by atoms with van der Waals surface area (Å²) in [6, 6.07) is 5.32. The van der Waals surface area contributed by atoms with E-state index in [1.54, 1.807) is 24.1 Å². The quantitative estimate of drug-likeness (QED) is 0.801. The van der Waals surface area contributed by atoms with Gasteiger partial charge < -0.3 is 19.9 Å². The van der Waals surface area contributed by atoms with E-state index in [-0.39, 0.29) is 29.7 Å². The van der Waals surface area contributed by atoms with Crippen molar-refractivity contribution in [1.29, 1.82) is 0 Å². The van der Waals surface area contributed by atoms with E-state index in [2.05, 4.69) is 5.32 Å². The highest BCUT2D eigenvalue weighted by atomic mass is 16.5. The minimum Gasteiger partial charge on any atom is -0.496 e. The van der Waals surface area contributed by atoms with E-state index in [0.717, 1.165) is 30.6 Å². The van der Waals surface area contributed by atoms with Crippen LogP contribution in [-0.2, 0) is 9.59 Å². The lowest BCUT2D eigenvalue weighted by Gasteiger charge is -2.35. The number of likely N-dealkylation sites (tertiary alicyclic amines) is 2. The first kappa shape index (κ1) is 22.1. The highest BCUT2D eigenvalue weighted by molar-refractivity contribution is 5.94. The zero-order valence-electron chi connectivity index (χ0n) is 18.3. The average molecular weight is 416 g/mol. The molecule has 164 valence electrons. The Hall–Kier alpha value is -2.57. The van der Waals surface area contributed by atoms with Gasteiger partial charge in [-0.2, -0.15) is 0 Å². The van der Waals surface area contributed by atoms with Gasteiger partial charge in [-0.1, -0.05) is 0 Å². The van der Waals surface area contributed by atoms with E-state index in [4.69, 9.17) is 4.74 Å². The minimum atomic E-state index is -0.138. The van der Waals surface area contributed by atoms with Gasteiger partial charge in [-0.05, 0) is 63.3 Å². The predicted octanol–water partition coefficient (Wildman–Crippen LogP) is 2.37. The molecule has 2 aliphatic heterocycles. The zero-order chi connectivity index (χ0) is 21.7. The van der Waals surface area contributed by atoms with Crippen LogP contribution in [0.25, 0.3) is 0 Å². The summed E-state index contributed by atoms with van der Waals surface area (Å²) in [6.07, 6.45) is 3.82. The first-order valence-electron chi connectivity index (χ1n) is 10.9. The highest BCUT2D eigenvalue weighted by Crippen LogP contribution is 2.22. The van der Waals surface area contributed by atoms with Gasteiger partial charge in [0.25, 0.3) is 5.91 Å². The summed E-state index contributed by atoms with van der Waals surface area (Å²) < 4.78 is 5.27. The number of carbonyl (C=O) groups is 3. The van der Waals surface area contributed by atoms with Gasteiger partial charge in [0.05, 0.1) is 13.0 Å². The first-order chi connectivity index (χ1) is 14.4. The molecule has 2 heterocycles. The van der Waals surface area contributed by atoms with Crippen LogP contribution in [0.4, 0.5) is 0 Å². The van der Waals surface area contributed by atoms with Crippen molar-refractivity contribution in [3.8, 4) is 5.75 Å². The second-order valence-electron chi connectivity index (χ2n) is 8.30. The monoisotopic (exact) mass is 415 g/mol. The maximum atomic E-state index is 13.2. The largest absolute Gasteiger partial charge is 0.496 e. The lowest BCUT2D eigenvalue weighted by Crippen LogP contribution is -2.50. The number of piperidine rings is 1. The van der Waals surface area contributed by atoms with Crippen LogP contribution in [-0.4, -0.2) is 66.9 Å². The lowest BCUT2D eigenvalue weighted by atomic mass is 9.95. The Morgan fingerprint density at radius 3 is 2.70 bits per heavy atom. The number of hydrogen-bond acceptors (Lipinski definition) is 4. The van der Waals surface area contributed by atoms with E-state index >= 15 is 0 Å². The molecule has 1 unspecified atom stereocenters. The van der Waals surface area contributed by atoms with Crippen LogP contribution in [0.15, 0.2) is 18.2 Å². The molecule has 1 N–H and O–H groups in total. The fraction of sp³-hybridized carbons (Fsp3) is 0.609. The molecular weight excluding hydrogens is 382 g/mol. The van der Waals surface area contributed by atoms with E-state index in [0.29, 0.717) is 44.6 Å². The highest BCUT2D eigenvalue weighted by Gasteiger charge is 2.33. The number of carbonyl (C=O) groups excluding carboxylic acids is 3. The second-order valence-corrected chi connectivity index (χ2v) is 8.30. The van der Waals surface area contributed by atoms with Crippen molar-refractivity contribution in [2.75, 3.05) is 33.3 Å². The third-order valence-corrected chi connectivity index (χ3v) is 6.21. The number of aryl methyl sites for hydroxylation is 1. The standard InChI is InChI=1S/C23H33N3O4/c1-4-25-14-18(9-11-21(25)27)23(29)26-12-6-5-7-19(15-26)24-22(28)17-8-10-20(30-3)16(2)13-17/h8,10,13,18-19H,4-7,9,11-12,14-15H2,1-3H3,(H,24,28)/t18?,19-/m0/s1. The topological polar surface area (TPSA) is 79.0 Å². The Morgan fingerprint density at radius 2 is 2.00 bits per heavy atom. The van der Waals surface area contributed by atoms with Gasteiger partial charge in [-0.3, -0.25) is 14.4 Å². The fourth-order valence-corrected chi connectivity index (χ4v) is 4.43. The van der Waals surface area contributed by atoms with Gasteiger partial charge in [0, 0.05) is 44.2 Å². The molecule has 2 saturated heterocycles. The van der Waals surface area contributed by atoms with Gasteiger partial charge in [0.15, 0.2) is 0 Å². The van der Waals surface area contributed by atoms with Gasteiger partial charge >= 0.3 is 0 Å². The molecule has 0 radical (unpaired) electrons. The van der Waals surface area contributed by atoms with Crippen molar-refractivity contribution in [2.45, 2.75) is 52.0 Å². The molecule has 1 aromatic carbocycles. The number of nitrogens with zero attached hydrogens (tertiary/aromatic N) is 2. The molecule has 2 fully saturated rings. The molecule has 0 aliphatic carbocycles. The average Bonchev–Trinajstić information content (AvgIpc) is 2.99. The van der Waals surface area contributed by atoms with E-state index in [1.165, 1.54) is 0 Å². The molecule has 7 nitrogen and oxygen atoms in total. The number of rotatable bonds is 5. The summed E-state index contributed by atoms with van der Waals surface area (Å²) in [5.41, 5.74) is 1.51.